The largest absolute Gasteiger partial charge is 0.480 e. The molecule has 0 radical (unpaired) electrons. The zero-order chi connectivity index (χ0) is 45.6. The third kappa shape index (κ3) is 43.3. The molecular weight excluding hydrogens is 806 g/mol. The molecule has 62 heavy (non-hydrogen) atoms. The van der Waals surface area contributed by atoms with Gasteiger partial charge in [-0.1, -0.05) is 163 Å². The van der Waals surface area contributed by atoms with E-state index in [0.717, 1.165) is 83.5 Å². The van der Waals surface area contributed by atoms with Crippen LogP contribution in [-0.4, -0.2) is 59.9 Å². The fourth-order valence-corrected chi connectivity index (χ4v) is 6.72. The highest BCUT2D eigenvalue weighted by atomic mass is 31.2. The van der Waals surface area contributed by atoms with E-state index < -0.39 is 51.1 Å². The maximum atomic E-state index is 12.7. The van der Waals surface area contributed by atoms with Gasteiger partial charge in [0.1, 0.15) is 12.6 Å². The van der Waals surface area contributed by atoms with Crippen molar-refractivity contribution in [1.82, 2.24) is 0 Å². The molecule has 0 aromatic rings. The van der Waals surface area contributed by atoms with E-state index in [4.69, 9.17) is 24.8 Å². The lowest BCUT2D eigenvalue weighted by Gasteiger charge is -2.20. The van der Waals surface area contributed by atoms with Crippen molar-refractivity contribution < 1.29 is 47.5 Å². The summed E-state index contributed by atoms with van der Waals surface area (Å²) in [6.07, 6.45) is 55.0. The van der Waals surface area contributed by atoms with Crippen LogP contribution in [0.15, 0.2) is 85.1 Å². The Bertz CT molecular complexity index is 1370. The summed E-state index contributed by atoms with van der Waals surface area (Å²) in [6.45, 7) is 2.63. The van der Waals surface area contributed by atoms with Crippen molar-refractivity contribution in [2.75, 3.05) is 19.8 Å². The van der Waals surface area contributed by atoms with Crippen molar-refractivity contribution in [3.05, 3.63) is 85.1 Å². The number of carbonyl (C=O) groups is 3. The molecule has 0 aliphatic rings. The molecule has 0 rings (SSSR count). The second-order valence-corrected chi connectivity index (χ2v) is 17.0. The Morgan fingerprint density at radius 1 is 0.516 bits per heavy atom. The van der Waals surface area contributed by atoms with Crippen LogP contribution in [-0.2, 0) is 37.5 Å². The molecule has 0 aromatic heterocycles. The summed E-state index contributed by atoms with van der Waals surface area (Å²) in [7, 11) is -4.74. The molecule has 0 saturated heterocycles. The molecule has 0 spiro atoms. The molecule has 354 valence electrons. The number of nitrogens with two attached hydrogens (primary N) is 1. The van der Waals surface area contributed by atoms with Crippen molar-refractivity contribution in [3.8, 4) is 0 Å². The maximum absolute atomic E-state index is 12.7. The monoisotopic (exact) mass is 890 g/mol. The second kappa shape index (κ2) is 44.3. The number of allylic oxidation sites excluding steroid dienone is 14. The number of phosphoric acid groups is 1. The Balaban J connectivity index is 4.39. The molecule has 0 bridgehead atoms. The normalized spacial score (nSPS) is 14.4. The zero-order valence-electron chi connectivity index (χ0n) is 38.4. The number of hydrogen-bond acceptors (Lipinski definition) is 9. The van der Waals surface area contributed by atoms with Gasteiger partial charge in [-0.05, 0) is 89.9 Å². The van der Waals surface area contributed by atoms with Gasteiger partial charge in [0.15, 0.2) is 6.10 Å². The summed E-state index contributed by atoms with van der Waals surface area (Å²) in [5.41, 5.74) is 5.34. The molecule has 0 saturated carbocycles. The number of carboxylic acids is 1. The minimum absolute atomic E-state index is 0.117. The van der Waals surface area contributed by atoms with E-state index in [0.29, 0.717) is 12.8 Å². The van der Waals surface area contributed by atoms with Crippen LogP contribution in [0.5, 0.6) is 0 Å². The Morgan fingerprint density at radius 3 is 1.37 bits per heavy atom. The third-order valence-electron chi connectivity index (χ3n) is 9.63. The maximum Gasteiger partial charge on any atom is 0.472 e. The molecule has 1 unspecified atom stereocenters. The smallest absolute Gasteiger partial charge is 0.472 e. The zero-order valence-corrected chi connectivity index (χ0v) is 39.3. The van der Waals surface area contributed by atoms with Crippen LogP contribution in [0.1, 0.15) is 181 Å². The first-order valence-electron chi connectivity index (χ1n) is 23.6. The van der Waals surface area contributed by atoms with E-state index in [1.54, 1.807) is 0 Å². The summed E-state index contributed by atoms with van der Waals surface area (Å²) < 4.78 is 32.7. The van der Waals surface area contributed by atoms with Crippen molar-refractivity contribution in [2.45, 2.75) is 193 Å². The van der Waals surface area contributed by atoms with Crippen LogP contribution in [0.3, 0.4) is 0 Å². The van der Waals surface area contributed by atoms with E-state index in [-0.39, 0.29) is 19.4 Å². The van der Waals surface area contributed by atoms with Gasteiger partial charge in [-0.2, -0.15) is 0 Å². The Hall–Kier alpha value is -3.34. The Labute approximate surface area is 375 Å². The molecule has 0 aliphatic carbocycles. The van der Waals surface area contributed by atoms with E-state index in [1.165, 1.54) is 57.8 Å². The molecule has 12 heteroatoms. The van der Waals surface area contributed by atoms with Gasteiger partial charge >= 0.3 is 25.7 Å². The highest BCUT2D eigenvalue weighted by Crippen LogP contribution is 2.43. The number of ether oxygens (including phenoxy) is 2. The summed E-state index contributed by atoms with van der Waals surface area (Å²) in [5.74, 6) is -2.43. The second-order valence-electron chi connectivity index (χ2n) is 15.5. The fourth-order valence-electron chi connectivity index (χ4n) is 5.94. The molecule has 0 aromatic carbocycles. The first-order valence-corrected chi connectivity index (χ1v) is 25.1. The van der Waals surface area contributed by atoms with E-state index in [1.807, 2.05) is 0 Å². The number of hydrogen-bond donors (Lipinski definition) is 3. The van der Waals surface area contributed by atoms with Crippen molar-refractivity contribution in [2.24, 2.45) is 5.73 Å². The fraction of sp³-hybridized carbons (Fsp3) is 0.660. The van der Waals surface area contributed by atoms with Crippen LogP contribution < -0.4 is 5.73 Å². The van der Waals surface area contributed by atoms with E-state index >= 15 is 0 Å². The van der Waals surface area contributed by atoms with Crippen molar-refractivity contribution >= 4 is 25.7 Å². The average molecular weight is 890 g/mol. The number of rotatable bonds is 43. The van der Waals surface area contributed by atoms with Gasteiger partial charge in [0.25, 0.3) is 0 Å². The number of carboxylic acid groups (broad SMARTS) is 1. The SMILES string of the molecule is CC/C=C/C/C=C/C/C=C/C/C=C/C/C=C/CCCCCC(=O)O[C@H](COC(=O)CCCCCCCCCCC/C=C/C/C=C/CCCCC)COP(=O)(O)OC[C@H](N)C(=O)O. The van der Waals surface area contributed by atoms with Gasteiger partial charge in [0, 0.05) is 12.8 Å². The molecule has 3 atom stereocenters. The van der Waals surface area contributed by atoms with Gasteiger partial charge in [-0.3, -0.25) is 23.4 Å². The summed E-state index contributed by atoms with van der Waals surface area (Å²) in [4.78, 5) is 46.1. The molecule has 0 heterocycles. The van der Waals surface area contributed by atoms with Gasteiger partial charge in [0.2, 0.25) is 0 Å². The number of phosphoric ester groups is 1. The Morgan fingerprint density at radius 2 is 0.903 bits per heavy atom. The summed E-state index contributed by atoms with van der Waals surface area (Å²) >= 11 is 0. The molecule has 4 N–H and O–H groups in total. The highest BCUT2D eigenvalue weighted by molar-refractivity contribution is 7.47. The van der Waals surface area contributed by atoms with Crippen LogP contribution in [0.25, 0.3) is 0 Å². The molecule has 0 aliphatic heterocycles. The van der Waals surface area contributed by atoms with Gasteiger partial charge in [-0.15, -0.1) is 0 Å². The topological polar surface area (TPSA) is 172 Å². The first-order chi connectivity index (χ1) is 30.1. The predicted molar refractivity (Wildman–Crippen MR) is 254 cm³/mol. The summed E-state index contributed by atoms with van der Waals surface area (Å²) in [5, 5.41) is 8.91. The lowest BCUT2D eigenvalue weighted by molar-refractivity contribution is -0.161. The quantitative estimate of drug-likeness (QED) is 0.0230. The lowest BCUT2D eigenvalue weighted by atomic mass is 10.1. The highest BCUT2D eigenvalue weighted by Gasteiger charge is 2.28. The minimum atomic E-state index is -4.74. The van der Waals surface area contributed by atoms with Crippen LogP contribution >= 0.6 is 7.82 Å². The predicted octanol–water partition coefficient (Wildman–Crippen LogP) is 13.1. The number of carbonyl (C=O) groups excluding carboxylic acids is 2. The standard InChI is InChI=1S/C50H84NO10P/c1-3-5-7-9-11-13-15-17-19-21-23-25-27-29-31-33-35-37-39-41-48(52)58-43-46(44-59-62(56,57)60-45-47(51)50(54)55)61-49(53)42-40-38-36-34-32-30-28-26-24-22-20-18-16-14-12-10-8-6-4-2/h6,8,11-14,17-20,24,26,30,32,46-47H,3-5,7,9-10,15-16,21-23,25,27-29,31,33-45,51H2,1-2H3,(H,54,55)(H,56,57)/b8-6+,13-11+,14-12+,19-17+,20-18+,26-24+,32-30+/t46-,47+/m1/s1. The number of aliphatic carboxylic acids is 1. The first kappa shape index (κ1) is 58.7. The molecule has 11 nitrogen and oxygen atoms in total. The molecule has 0 fully saturated rings. The average Bonchev–Trinajstić information content (AvgIpc) is 3.25. The third-order valence-corrected chi connectivity index (χ3v) is 10.6. The lowest BCUT2D eigenvalue weighted by Crippen LogP contribution is -2.34. The van der Waals surface area contributed by atoms with E-state index in [9.17, 15) is 23.8 Å². The van der Waals surface area contributed by atoms with Crippen LogP contribution in [0.4, 0.5) is 0 Å². The molecule has 0 amide bonds. The number of esters is 2. The van der Waals surface area contributed by atoms with Gasteiger partial charge in [-0.25, -0.2) is 4.57 Å². The summed E-state index contributed by atoms with van der Waals surface area (Å²) in [6, 6.07) is -1.53. The van der Waals surface area contributed by atoms with Gasteiger partial charge < -0.3 is 25.2 Å². The Kier molecular flexibility index (Phi) is 41.9. The van der Waals surface area contributed by atoms with Gasteiger partial charge in [0.05, 0.1) is 13.2 Å². The van der Waals surface area contributed by atoms with Crippen LogP contribution in [0.2, 0.25) is 0 Å². The van der Waals surface area contributed by atoms with E-state index in [2.05, 4.69) is 103 Å². The number of unbranched alkanes of at least 4 members (excludes halogenated alkanes) is 15. The molecular formula is C50H84NO10P. The minimum Gasteiger partial charge on any atom is -0.480 e. The van der Waals surface area contributed by atoms with Crippen molar-refractivity contribution in [1.29, 1.82) is 0 Å². The van der Waals surface area contributed by atoms with Crippen molar-refractivity contribution in [3.63, 3.8) is 0 Å². The van der Waals surface area contributed by atoms with Crippen LogP contribution in [0, 0.1) is 0 Å².